The zero-order chi connectivity index (χ0) is 22.9. The highest BCUT2D eigenvalue weighted by molar-refractivity contribution is 5.76. The van der Waals surface area contributed by atoms with E-state index in [-0.39, 0.29) is 39.0 Å². The van der Waals surface area contributed by atoms with Crippen molar-refractivity contribution in [1.82, 2.24) is 10.2 Å². The minimum atomic E-state index is -5.16. The lowest BCUT2D eigenvalue weighted by atomic mass is 9.83. The zero-order valence-corrected chi connectivity index (χ0v) is 16.1. The van der Waals surface area contributed by atoms with Crippen LogP contribution in [0.15, 0.2) is 30.3 Å². The molecule has 0 aromatic heterocycles. The molecule has 0 aliphatic carbocycles. The van der Waals surface area contributed by atoms with Gasteiger partial charge in [-0.1, -0.05) is 30.3 Å². The summed E-state index contributed by atoms with van der Waals surface area (Å²) in [6.07, 6.45) is -11.4. The van der Waals surface area contributed by atoms with Crippen LogP contribution in [0.1, 0.15) is 18.4 Å². The van der Waals surface area contributed by atoms with Gasteiger partial charge in [-0.3, -0.25) is 4.90 Å². The number of hydrogen-bond donors (Lipinski definition) is 1. The molecule has 6 nitrogen and oxygen atoms in total. The molecular weight excluding hydrogens is 434 g/mol. The van der Waals surface area contributed by atoms with Gasteiger partial charge in [-0.2, -0.15) is 26.3 Å². The molecule has 0 spiro atoms. The minimum Gasteiger partial charge on any atom is -0.453 e. The normalized spacial score (nSPS) is 24.6. The maximum absolute atomic E-state index is 12.8. The number of carbonyl (C=O) groups is 2. The fourth-order valence-electron chi connectivity index (χ4n) is 3.97. The smallest absolute Gasteiger partial charge is 0.453 e. The van der Waals surface area contributed by atoms with Gasteiger partial charge < -0.3 is 14.8 Å². The SMILES string of the molecule is O=C(OC1CNC[C@@H]1N1CCC(OC(=O)C(F)(F)F)(c2ccccc2)CC1)C(F)(F)F. The molecule has 2 saturated heterocycles. The van der Waals surface area contributed by atoms with E-state index in [0.29, 0.717) is 5.56 Å². The van der Waals surface area contributed by atoms with E-state index in [1.807, 2.05) is 0 Å². The summed E-state index contributed by atoms with van der Waals surface area (Å²) in [6, 6.07) is 7.42. The van der Waals surface area contributed by atoms with Crippen molar-refractivity contribution in [2.75, 3.05) is 26.2 Å². The van der Waals surface area contributed by atoms with Crippen LogP contribution in [0.2, 0.25) is 0 Å². The first-order chi connectivity index (χ1) is 14.4. The molecule has 2 aliphatic rings. The van der Waals surface area contributed by atoms with E-state index < -0.39 is 42.0 Å². The maximum Gasteiger partial charge on any atom is 0.490 e. The molecule has 2 atom stereocenters. The van der Waals surface area contributed by atoms with Crippen LogP contribution in [-0.4, -0.2) is 67.5 Å². The second-order valence-corrected chi connectivity index (χ2v) is 7.45. The predicted octanol–water partition coefficient (Wildman–Crippen LogP) is 2.53. The Kier molecular flexibility index (Phi) is 6.51. The molecule has 2 heterocycles. The average molecular weight is 454 g/mol. The van der Waals surface area contributed by atoms with Gasteiger partial charge in [0.15, 0.2) is 0 Å². The van der Waals surface area contributed by atoms with Crippen LogP contribution in [0, 0.1) is 0 Å². The molecule has 0 saturated carbocycles. The monoisotopic (exact) mass is 454 g/mol. The highest BCUT2D eigenvalue weighted by atomic mass is 19.4. The number of benzene rings is 1. The van der Waals surface area contributed by atoms with Crippen LogP contribution in [0.4, 0.5) is 26.3 Å². The van der Waals surface area contributed by atoms with E-state index in [1.54, 1.807) is 35.2 Å². The van der Waals surface area contributed by atoms with Gasteiger partial charge in [-0.05, 0) is 5.56 Å². The quantitative estimate of drug-likeness (QED) is 0.557. The van der Waals surface area contributed by atoms with Gasteiger partial charge in [0.25, 0.3) is 0 Å². The molecule has 0 bridgehead atoms. The number of esters is 2. The van der Waals surface area contributed by atoms with Crippen LogP contribution in [0.3, 0.4) is 0 Å². The van der Waals surface area contributed by atoms with Gasteiger partial charge in [0.1, 0.15) is 11.7 Å². The summed E-state index contributed by atoms with van der Waals surface area (Å²) in [7, 11) is 0. The molecule has 31 heavy (non-hydrogen) atoms. The third kappa shape index (κ3) is 5.29. The molecule has 2 fully saturated rings. The summed E-state index contributed by atoms with van der Waals surface area (Å²) in [5, 5.41) is 2.86. The molecule has 172 valence electrons. The topological polar surface area (TPSA) is 67.9 Å². The minimum absolute atomic E-state index is 0.00469. The van der Waals surface area contributed by atoms with E-state index in [9.17, 15) is 35.9 Å². The van der Waals surface area contributed by atoms with Crippen molar-refractivity contribution in [2.24, 2.45) is 0 Å². The highest BCUT2D eigenvalue weighted by Crippen LogP contribution is 2.39. The number of alkyl halides is 6. The number of nitrogens with one attached hydrogen (secondary N) is 1. The molecule has 0 radical (unpaired) electrons. The summed E-state index contributed by atoms with van der Waals surface area (Å²) in [5.74, 6) is -4.59. The zero-order valence-electron chi connectivity index (χ0n) is 16.1. The van der Waals surface area contributed by atoms with Crippen molar-refractivity contribution in [3.05, 3.63) is 35.9 Å². The lowest BCUT2D eigenvalue weighted by Gasteiger charge is -2.44. The standard InChI is InChI=1S/C19H20F6N2O4/c20-18(21,22)15(28)30-14-11-26-10-13(14)27-8-6-17(7-9-27,12-4-2-1-3-5-12)31-16(29)19(23,24)25/h1-5,13-14,26H,6-11H2/t13-,14?/m0/s1. The van der Waals surface area contributed by atoms with E-state index in [0.717, 1.165) is 0 Å². The number of piperidine rings is 1. The Balaban J connectivity index is 1.73. The van der Waals surface area contributed by atoms with Crippen LogP contribution in [-0.2, 0) is 24.7 Å². The molecule has 3 rings (SSSR count). The Morgan fingerprint density at radius 2 is 1.52 bits per heavy atom. The van der Waals surface area contributed by atoms with Crippen LogP contribution >= 0.6 is 0 Å². The van der Waals surface area contributed by atoms with E-state index in [1.165, 1.54) is 0 Å². The van der Waals surface area contributed by atoms with Gasteiger partial charge in [0, 0.05) is 39.0 Å². The predicted molar refractivity (Wildman–Crippen MR) is 93.7 cm³/mol. The average Bonchev–Trinajstić information content (AvgIpc) is 3.16. The Hall–Kier alpha value is -2.34. The van der Waals surface area contributed by atoms with E-state index in [2.05, 4.69) is 10.1 Å². The summed E-state index contributed by atoms with van der Waals surface area (Å²) in [4.78, 5) is 24.5. The van der Waals surface area contributed by atoms with Crippen LogP contribution in [0.5, 0.6) is 0 Å². The van der Waals surface area contributed by atoms with Crippen molar-refractivity contribution in [1.29, 1.82) is 0 Å². The summed E-state index contributed by atoms with van der Waals surface area (Å²) in [5.41, 5.74) is -1.12. The lowest BCUT2D eigenvalue weighted by molar-refractivity contribution is -0.220. The fourth-order valence-corrected chi connectivity index (χ4v) is 3.97. The molecule has 1 N–H and O–H groups in total. The van der Waals surface area contributed by atoms with Crippen molar-refractivity contribution >= 4 is 11.9 Å². The lowest BCUT2D eigenvalue weighted by Crippen LogP contribution is -2.53. The van der Waals surface area contributed by atoms with Crippen LogP contribution in [0.25, 0.3) is 0 Å². The molecule has 1 unspecified atom stereocenters. The molecule has 2 aliphatic heterocycles. The Labute approximate surface area is 173 Å². The summed E-state index contributed by atoms with van der Waals surface area (Å²) in [6.45, 7) is 0.533. The van der Waals surface area contributed by atoms with Gasteiger partial charge in [0.2, 0.25) is 0 Å². The molecular formula is C19H20F6N2O4. The molecule has 0 amide bonds. The van der Waals surface area contributed by atoms with Crippen molar-refractivity contribution < 1.29 is 45.4 Å². The second kappa shape index (κ2) is 8.65. The van der Waals surface area contributed by atoms with E-state index in [4.69, 9.17) is 4.74 Å². The Morgan fingerprint density at radius 3 is 2.06 bits per heavy atom. The van der Waals surface area contributed by atoms with Crippen molar-refractivity contribution in [3.63, 3.8) is 0 Å². The molecule has 1 aromatic carbocycles. The van der Waals surface area contributed by atoms with Gasteiger partial charge >= 0.3 is 24.3 Å². The Morgan fingerprint density at radius 1 is 0.935 bits per heavy atom. The van der Waals surface area contributed by atoms with Gasteiger partial charge in [0.05, 0.1) is 6.04 Å². The molecule has 12 heteroatoms. The summed E-state index contributed by atoms with van der Waals surface area (Å²) >= 11 is 0. The number of likely N-dealkylation sites (tertiary alicyclic amines) is 1. The third-order valence-corrected chi connectivity index (χ3v) is 5.51. The molecule has 1 aromatic rings. The number of halogens is 6. The first-order valence-electron chi connectivity index (χ1n) is 9.51. The number of hydrogen-bond acceptors (Lipinski definition) is 6. The largest absolute Gasteiger partial charge is 0.490 e. The van der Waals surface area contributed by atoms with Crippen molar-refractivity contribution in [3.8, 4) is 0 Å². The first-order valence-corrected chi connectivity index (χ1v) is 9.51. The van der Waals surface area contributed by atoms with E-state index >= 15 is 0 Å². The van der Waals surface area contributed by atoms with Gasteiger partial charge in [-0.25, -0.2) is 9.59 Å². The second-order valence-electron chi connectivity index (χ2n) is 7.45. The van der Waals surface area contributed by atoms with Gasteiger partial charge in [-0.15, -0.1) is 0 Å². The number of nitrogens with zero attached hydrogens (tertiary/aromatic N) is 1. The fraction of sp³-hybridized carbons (Fsp3) is 0.579. The third-order valence-electron chi connectivity index (χ3n) is 5.51. The first kappa shape index (κ1) is 23.3. The van der Waals surface area contributed by atoms with Crippen molar-refractivity contribution in [2.45, 2.75) is 42.9 Å². The highest BCUT2D eigenvalue weighted by Gasteiger charge is 2.50. The van der Waals surface area contributed by atoms with Crippen LogP contribution < -0.4 is 5.32 Å². The number of carbonyl (C=O) groups excluding carboxylic acids is 2. The number of ether oxygens (including phenoxy) is 2. The number of rotatable bonds is 4. The Bertz CT molecular complexity index is 791. The maximum atomic E-state index is 12.8. The summed E-state index contributed by atoms with van der Waals surface area (Å²) < 4.78 is 85.7.